The van der Waals surface area contributed by atoms with Crippen LogP contribution in [0.2, 0.25) is 0 Å². The number of methoxy groups -OCH3 is 1. The van der Waals surface area contributed by atoms with Gasteiger partial charge in [0.25, 0.3) is 0 Å². The largest absolute Gasteiger partial charge is 1.00 e. The molecule has 0 fully saturated rings. The summed E-state index contributed by atoms with van der Waals surface area (Å²) in [5.41, 5.74) is 1.98. The molecule has 0 unspecified atom stereocenters. The summed E-state index contributed by atoms with van der Waals surface area (Å²) in [6, 6.07) is 40.7. The van der Waals surface area contributed by atoms with Crippen molar-refractivity contribution in [2.24, 2.45) is 0 Å². The lowest BCUT2D eigenvalue weighted by Crippen LogP contribution is -3.00. The number of thioether (sulfide) groups is 1. The van der Waals surface area contributed by atoms with Crippen LogP contribution in [0, 0.1) is 0 Å². The predicted octanol–water partition coefficient (Wildman–Crippen LogP) is 3.06. The highest BCUT2D eigenvalue weighted by Gasteiger charge is 2.45. The molecule has 4 rings (SSSR count). The Morgan fingerprint density at radius 2 is 1.09 bits per heavy atom. The van der Waals surface area contributed by atoms with Crippen LogP contribution in [0.15, 0.2) is 115 Å². The van der Waals surface area contributed by atoms with Gasteiger partial charge in [0.15, 0.2) is 0 Å². The Morgan fingerprint density at radius 1 is 0.688 bits per heavy atom. The second-order valence-electron chi connectivity index (χ2n) is 7.11. The number of hydrogen-bond acceptors (Lipinski definition) is 3. The van der Waals surface area contributed by atoms with Crippen LogP contribution < -0.4 is 44.6 Å². The third-order valence-corrected chi connectivity index (χ3v) is 12.0. The van der Waals surface area contributed by atoms with Crippen molar-refractivity contribution in [2.75, 3.05) is 12.6 Å². The molecular formula is C27H24IOPS2. The summed E-state index contributed by atoms with van der Waals surface area (Å²) in [6.45, 7) is 0. The van der Waals surface area contributed by atoms with Crippen LogP contribution in [0.25, 0.3) is 0 Å². The lowest BCUT2D eigenvalue weighted by molar-refractivity contribution is -0.00000611. The van der Waals surface area contributed by atoms with Crippen LogP contribution in [0.1, 0.15) is 5.56 Å². The monoisotopic (exact) mass is 586 g/mol. The molecule has 0 aliphatic carbocycles. The molecule has 0 heterocycles. The molecule has 0 N–H and O–H groups in total. The van der Waals surface area contributed by atoms with E-state index in [1.165, 1.54) is 15.9 Å². The fraction of sp³-hybridized carbons (Fsp3) is 0.0741. The second kappa shape index (κ2) is 11.9. The zero-order valence-corrected chi connectivity index (χ0v) is 22.4. The molecule has 0 saturated carbocycles. The molecular weight excluding hydrogens is 562 g/mol. The van der Waals surface area contributed by atoms with Crippen LogP contribution in [0.3, 0.4) is 0 Å². The lowest BCUT2D eigenvalue weighted by atomic mass is 10.2. The Hall–Kier alpha value is -1.72. The summed E-state index contributed by atoms with van der Waals surface area (Å²) in [4.78, 5) is 0. The van der Waals surface area contributed by atoms with Crippen molar-refractivity contribution >= 4 is 51.4 Å². The summed E-state index contributed by atoms with van der Waals surface area (Å²) in [5.74, 6) is 0.844. The topological polar surface area (TPSA) is 9.23 Å². The summed E-state index contributed by atoms with van der Waals surface area (Å²) in [5, 5.41) is 4.12. The van der Waals surface area contributed by atoms with Gasteiger partial charge in [-0.25, -0.2) is 0 Å². The number of hydrogen-bond donors (Lipinski definition) is 0. The van der Waals surface area contributed by atoms with Gasteiger partial charge in [0.05, 0.1) is 11.3 Å². The van der Waals surface area contributed by atoms with E-state index in [0.717, 1.165) is 21.0 Å². The third-order valence-electron chi connectivity index (χ3n) is 5.31. The first kappa shape index (κ1) is 24.9. The van der Waals surface area contributed by atoms with E-state index in [-0.39, 0.29) is 24.0 Å². The van der Waals surface area contributed by atoms with E-state index < -0.39 is 7.26 Å². The quantitative estimate of drug-likeness (QED) is 0.187. The van der Waals surface area contributed by atoms with Crippen LogP contribution in [-0.2, 0) is 0 Å². The van der Waals surface area contributed by atoms with Crippen molar-refractivity contribution in [1.82, 2.24) is 0 Å². The number of rotatable bonds is 7. The van der Waals surface area contributed by atoms with Crippen molar-refractivity contribution in [1.29, 1.82) is 0 Å². The highest BCUT2D eigenvalue weighted by Crippen LogP contribution is 2.57. The molecule has 0 atom stereocenters. The van der Waals surface area contributed by atoms with E-state index in [2.05, 4.69) is 91.0 Å². The van der Waals surface area contributed by atoms with Crippen LogP contribution in [0.4, 0.5) is 0 Å². The first-order valence-electron chi connectivity index (χ1n) is 10.1. The number of thiocarbonyl (C=S) groups is 1. The van der Waals surface area contributed by atoms with Crippen LogP contribution >= 0.6 is 31.2 Å². The lowest BCUT2D eigenvalue weighted by Gasteiger charge is -2.27. The zero-order valence-electron chi connectivity index (χ0n) is 17.7. The maximum absolute atomic E-state index is 5.86. The Balaban J connectivity index is 0.00000289. The summed E-state index contributed by atoms with van der Waals surface area (Å²) < 4.78 is 6.20. The van der Waals surface area contributed by atoms with Crippen molar-refractivity contribution in [3.05, 3.63) is 121 Å². The fourth-order valence-corrected chi connectivity index (χ4v) is 10.6. The predicted molar refractivity (Wildman–Crippen MR) is 142 cm³/mol. The van der Waals surface area contributed by atoms with Crippen LogP contribution in [-0.4, -0.2) is 16.8 Å². The van der Waals surface area contributed by atoms with E-state index in [9.17, 15) is 0 Å². The van der Waals surface area contributed by atoms with Gasteiger partial charge in [-0.15, -0.1) is 0 Å². The minimum Gasteiger partial charge on any atom is -1.00 e. The number of benzene rings is 4. The van der Waals surface area contributed by atoms with Gasteiger partial charge in [0, 0.05) is 0 Å². The molecule has 0 aromatic heterocycles. The first-order valence-corrected chi connectivity index (χ1v) is 13.5. The number of halogens is 1. The molecule has 0 bridgehead atoms. The highest BCUT2D eigenvalue weighted by molar-refractivity contribution is 8.28. The molecule has 0 amide bonds. The Labute approximate surface area is 218 Å². The Kier molecular flexibility index (Phi) is 9.30. The molecule has 4 aromatic carbocycles. The molecule has 1 nitrogen and oxygen atoms in total. The number of ether oxygens (including phenoxy) is 1. The van der Waals surface area contributed by atoms with E-state index in [4.69, 9.17) is 17.0 Å². The molecule has 0 saturated heterocycles. The maximum atomic E-state index is 5.86. The SMILES string of the molecule is COc1ccc(C(=S)SC[P+](c2ccccc2)(c2ccccc2)c2ccccc2)cc1.[I-]. The van der Waals surface area contributed by atoms with Gasteiger partial charge in [-0.1, -0.05) is 78.6 Å². The first-order chi connectivity index (χ1) is 15.2. The summed E-state index contributed by atoms with van der Waals surface area (Å²) >= 11 is 7.63. The van der Waals surface area contributed by atoms with Crippen molar-refractivity contribution in [2.45, 2.75) is 0 Å². The highest BCUT2D eigenvalue weighted by atomic mass is 127. The fourth-order valence-electron chi connectivity index (χ4n) is 3.68. The molecule has 162 valence electrons. The Morgan fingerprint density at radius 3 is 1.47 bits per heavy atom. The maximum Gasteiger partial charge on any atom is 0.124 e. The van der Waals surface area contributed by atoms with E-state index in [1.807, 2.05) is 24.3 Å². The molecule has 0 aliphatic heterocycles. The van der Waals surface area contributed by atoms with Gasteiger partial charge in [0.1, 0.15) is 34.4 Å². The van der Waals surface area contributed by atoms with Gasteiger partial charge in [-0.3, -0.25) is 0 Å². The molecule has 5 heteroatoms. The zero-order chi connectivity index (χ0) is 21.5. The van der Waals surface area contributed by atoms with Gasteiger partial charge in [-0.05, 0) is 66.2 Å². The van der Waals surface area contributed by atoms with Crippen LogP contribution in [0.5, 0.6) is 5.75 Å². The molecule has 0 spiro atoms. The van der Waals surface area contributed by atoms with Gasteiger partial charge in [0.2, 0.25) is 0 Å². The summed E-state index contributed by atoms with van der Waals surface area (Å²) in [7, 11) is -0.211. The van der Waals surface area contributed by atoms with Crippen molar-refractivity contribution < 1.29 is 28.7 Å². The minimum atomic E-state index is -1.89. The molecule has 0 radical (unpaired) electrons. The molecule has 32 heavy (non-hydrogen) atoms. The van der Waals surface area contributed by atoms with Gasteiger partial charge >= 0.3 is 0 Å². The molecule has 4 aromatic rings. The van der Waals surface area contributed by atoms with Gasteiger partial charge < -0.3 is 28.7 Å². The Bertz CT molecular complexity index is 1020. The minimum absolute atomic E-state index is 0. The van der Waals surface area contributed by atoms with Gasteiger partial charge in [-0.2, -0.15) is 0 Å². The second-order valence-corrected chi connectivity index (χ2v) is 12.7. The van der Waals surface area contributed by atoms with E-state index in [0.29, 0.717) is 0 Å². The smallest absolute Gasteiger partial charge is 0.124 e. The normalized spacial score (nSPS) is 10.8. The third kappa shape index (κ3) is 5.43. The van der Waals surface area contributed by atoms with E-state index in [1.54, 1.807) is 18.9 Å². The van der Waals surface area contributed by atoms with Crippen molar-refractivity contribution in [3.8, 4) is 5.75 Å². The standard InChI is InChI=1S/C27H24OPS2.HI/c1-28-23-19-17-22(18-20-23)27(30)31-21-29(24-11-5-2-6-12-24,25-13-7-3-8-14-25)26-15-9-4-10-16-26;/h2-20H,21H2,1H3;1H/q+1;/p-1. The van der Waals surface area contributed by atoms with Crippen molar-refractivity contribution in [3.63, 3.8) is 0 Å². The summed E-state index contributed by atoms with van der Waals surface area (Å²) in [6.07, 6.45) is 0. The molecule has 0 aliphatic rings. The average Bonchev–Trinajstić information content (AvgIpc) is 2.86. The van der Waals surface area contributed by atoms with E-state index >= 15 is 0 Å². The average molecular weight is 587 g/mol.